The van der Waals surface area contributed by atoms with Gasteiger partial charge in [-0.3, -0.25) is 4.79 Å². The molecule has 1 heterocycles. The van der Waals surface area contributed by atoms with Crippen LogP contribution in [-0.4, -0.2) is 10.8 Å². The summed E-state index contributed by atoms with van der Waals surface area (Å²) in [6.07, 6.45) is 3.58. The Balaban J connectivity index is 1.75. The van der Waals surface area contributed by atoms with E-state index in [4.69, 9.17) is 0 Å². The number of H-pyrrole nitrogens is 1. The Hall–Kier alpha value is -3.13. The van der Waals surface area contributed by atoms with E-state index < -0.39 is 0 Å². The molecule has 0 amide bonds. The van der Waals surface area contributed by atoms with Crippen molar-refractivity contribution >= 4 is 33.5 Å². The molecule has 0 aliphatic carbocycles. The number of aryl methyl sites for hydroxylation is 1. The maximum Gasteiger partial charge on any atom is 0.188 e. The van der Waals surface area contributed by atoms with Crippen molar-refractivity contribution in [1.29, 1.82) is 0 Å². The number of aromatic nitrogens is 1. The summed E-state index contributed by atoms with van der Waals surface area (Å²) in [5, 5.41) is 3.30. The SMILES string of the molecule is Cc1[nH]c2ccccc2c1C(=O)C=Cc1cccc2ccccc12. The van der Waals surface area contributed by atoms with Gasteiger partial charge in [-0.1, -0.05) is 66.7 Å². The topological polar surface area (TPSA) is 32.9 Å². The third kappa shape index (κ3) is 2.42. The Kier molecular flexibility index (Phi) is 3.51. The van der Waals surface area contributed by atoms with Gasteiger partial charge in [0, 0.05) is 16.6 Å². The molecule has 2 nitrogen and oxygen atoms in total. The second-order valence-corrected chi connectivity index (χ2v) is 5.94. The van der Waals surface area contributed by atoms with Gasteiger partial charge in [0.1, 0.15) is 0 Å². The summed E-state index contributed by atoms with van der Waals surface area (Å²) in [5.41, 5.74) is 3.71. The Labute approximate surface area is 140 Å². The standard InChI is InChI=1S/C22H17NO/c1-15-22(19-11-4-5-12-20(19)23-15)21(24)14-13-17-9-6-8-16-7-2-3-10-18(16)17/h2-14,23H,1H3. The van der Waals surface area contributed by atoms with Crippen molar-refractivity contribution in [3.63, 3.8) is 0 Å². The van der Waals surface area contributed by atoms with Crippen LogP contribution < -0.4 is 0 Å². The molecule has 24 heavy (non-hydrogen) atoms. The van der Waals surface area contributed by atoms with E-state index in [0.717, 1.165) is 33.1 Å². The van der Waals surface area contributed by atoms with Crippen LogP contribution in [0, 0.1) is 6.92 Å². The number of ketones is 1. The summed E-state index contributed by atoms with van der Waals surface area (Å²) in [6, 6.07) is 22.2. The maximum atomic E-state index is 12.7. The van der Waals surface area contributed by atoms with E-state index in [1.165, 1.54) is 5.39 Å². The van der Waals surface area contributed by atoms with Gasteiger partial charge in [0.15, 0.2) is 5.78 Å². The molecule has 0 bridgehead atoms. The first-order chi connectivity index (χ1) is 11.7. The summed E-state index contributed by atoms with van der Waals surface area (Å²) in [5.74, 6) is 0.0258. The molecule has 0 radical (unpaired) electrons. The smallest absolute Gasteiger partial charge is 0.188 e. The Bertz CT molecular complexity index is 1080. The van der Waals surface area contributed by atoms with Crippen LogP contribution in [0.15, 0.2) is 72.8 Å². The minimum Gasteiger partial charge on any atom is -0.358 e. The minimum atomic E-state index is 0.0258. The second kappa shape index (κ2) is 5.82. The van der Waals surface area contributed by atoms with Crippen LogP contribution in [0.5, 0.6) is 0 Å². The number of para-hydroxylation sites is 1. The lowest BCUT2D eigenvalue weighted by molar-refractivity contribution is 0.104. The third-order valence-electron chi connectivity index (χ3n) is 4.38. The summed E-state index contributed by atoms with van der Waals surface area (Å²) in [4.78, 5) is 16.0. The molecule has 4 aromatic rings. The summed E-state index contributed by atoms with van der Waals surface area (Å²) in [7, 11) is 0. The molecule has 0 aliphatic heterocycles. The summed E-state index contributed by atoms with van der Waals surface area (Å²) >= 11 is 0. The highest BCUT2D eigenvalue weighted by molar-refractivity contribution is 6.16. The van der Waals surface area contributed by atoms with Gasteiger partial charge in [0.25, 0.3) is 0 Å². The molecule has 1 aromatic heterocycles. The van der Waals surface area contributed by atoms with E-state index >= 15 is 0 Å². The molecule has 0 unspecified atom stereocenters. The number of aromatic amines is 1. The molecule has 0 saturated carbocycles. The molecule has 3 aromatic carbocycles. The minimum absolute atomic E-state index is 0.0258. The molecule has 116 valence electrons. The zero-order chi connectivity index (χ0) is 16.5. The van der Waals surface area contributed by atoms with Gasteiger partial charge in [0.2, 0.25) is 0 Å². The Morgan fingerprint density at radius 2 is 1.58 bits per heavy atom. The molecule has 0 saturated heterocycles. The largest absolute Gasteiger partial charge is 0.358 e. The lowest BCUT2D eigenvalue weighted by Gasteiger charge is -2.02. The van der Waals surface area contributed by atoms with Crippen molar-refractivity contribution in [2.24, 2.45) is 0 Å². The van der Waals surface area contributed by atoms with Crippen molar-refractivity contribution in [2.45, 2.75) is 6.92 Å². The van der Waals surface area contributed by atoms with Crippen LogP contribution in [0.2, 0.25) is 0 Å². The third-order valence-corrected chi connectivity index (χ3v) is 4.38. The van der Waals surface area contributed by atoms with E-state index in [-0.39, 0.29) is 5.78 Å². The van der Waals surface area contributed by atoms with Gasteiger partial charge < -0.3 is 4.98 Å². The first kappa shape index (κ1) is 14.5. The molecule has 0 fully saturated rings. The fourth-order valence-electron chi connectivity index (χ4n) is 3.24. The van der Waals surface area contributed by atoms with E-state index in [1.807, 2.05) is 61.5 Å². The van der Waals surface area contributed by atoms with Crippen molar-refractivity contribution in [2.75, 3.05) is 0 Å². The van der Waals surface area contributed by atoms with Crippen molar-refractivity contribution in [3.05, 3.63) is 89.6 Å². The van der Waals surface area contributed by atoms with Gasteiger partial charge in [-0.25, -0.2) is 0 Å². The number of nitrogens with one attached hydrogen (secondary N) is 1. The molecule has 2 heteroatoms. The van der Waals surface area contributed by atoms with Crippen LogP contribution in [0.4, 0.5) is 0 Å². The van der Waals surface area contributed by atoms with Crippen LogP contribution >= 0.6 is 0 Å². The van der Waals surface area contributed by atoms with Gasteiger partial charge in [-0.15, -0.1) is 0 Å². The average molecular weight is 311 g/mol. The number of benzene rings is 3. The van der Waals surface area contributed by atoms with Crippen molar-refractivity contribution in [3.8, 4) is 0 Å². The van der Waals surface area contributed by atoms with Crippen molar-refractivity contribution < 1.29 is 4.79 Å². The molecule has 4 rings (SSSR count). The lowest BCUT2D eigenvalue weighted by atomic mass is 10.0. The number of carbonyl (C=O) groups excluding carboxylic acids is 1. The fourth-order valence-corrected chi connectivity index (χ4v) is 3.24. The predicted molar refractivity (Wildman–Crippen MR) is 100 cm³/mol. The number of fused-ring (bicyclic) bond motifs is 2. The van der Waals surface area contributed by atoms with Crippen LogP contribution in [-0.2, 0) is 0 Å². The fraction of sp³-hybridized carbons (Fsp3) is 0.0455. The van der Waals surface area contributed by atoms with Gasteiger partial charge in [0.05, 0.1) is 5.56 Å². The van der Waals surface area contributed by atoms with Crippen LogP contribution in [0.25, 0.3) is 27.8 Å². The second-order valence-electron chi connectivity index (χ2n) is 5.94. The van der Waals surface area contributed by atoms with Crippen LogP contribution in [0.3, 0.4) is 0 Å². The molecule has 1 N–H and O–H groups in total. The van der Waals surface area contributed by atoms with Crippen molar-refractivity contribution in [1.82, 2.24) is 4.98 Å². The molecule has 0 atom stereocenters. The summed E-state index contributed by atoms with van der Waals surface area (Å²) < 4.78 is 0. The van der Waals surface area contributed by atoms with Gasteiger partial charge >= 0.3 is 0 Å². The highest BCUT2D eigenvalue weighted by atomic mass is 16.1. The van der Waals surface area contributed by atoms with E-state index in [2.05, 4.69) is 23.2 Å². The average Bonchev–Trinajstić information content (AvgIpc) is 2.95. The quantitative estimate of drug-likeness (QED) is 0.392. The molecular formula is C22H17NO. The molecule has 0 spiro atoms. The van der Waals surface area contributed by atoms with Gasteiger partial charge in [-0.2, -0.15) is 0 Å². The maximum absolute atomic E-state index is 12.7. The number of carbonyl (C=O) groups is 1. The number of hydrogen-bond donors (Lipinski definition) is 1. The van der Waals surface area contributed by atoms with Crippen LogP contribution in [0.1, 0.15) is 21.6 Å². The van der Waals surface area contributed by atoms with E-state index in [9.17, 15) is 4.79 Å². The van der Waals surface area contributed by atoms with E-state index in [1.54, 1.807) is 6.08 Å². The number of hydrogen-bond acceptors (Lipinski definition) is 1. The van der Waals surface area contributed by atoms with E-state index in [0.29, 0.717) is 0 Å². The monoisotopic (exact) mass is 311 g/mol. The number of rotatable bonds is 3. The highest BCUT2D eigenvalue weighted by Crippen LogP contribution is 2.24. The first-order valence-corrected chi connectivity index (χ1v) is 8.01. The normalized spacial score (nSPS) is 11.5. The highest BCUT2D eigenvalue weighted by Gasteiger charge is 2.13. The Morgan fingerprint density at radius 3 is 2.46 bits per heavy atom. The van der Waals surface area contributed by atoms with Gasteiger partial charge in [-0.05, 0) is 35.4 Å². The lowest BCUT2D eigenvalue weighted by Crippen LogP contribution is -1.95. The Morgan fingerprint density at radius 1 is 0.875 bits per heavy atom. The first-order valence-electron chi connectivity index (χ1n) is 8.01. The zero-order valence-electron chi connectivity index (χ0n) is 13.4. The number of allylic oxidation sites excluding steroid dienone is 1. The summed E-state index contributed by atoms with van der Waals surface area (Å²) in [6.45, 7) is 1.94. The predicted octanol–water partition coefficient (Wildman–Crippen LogP) is 5.53. The molecular weight excluding hydrogens is 294 g/mol. The molecule has 0 aliphatic rings. The zero-order valence-corrected chi connectivity index (χ0v) is 13.4.